The summed E-state index contributed by atoms with van der Waals surface area (Å²) < 4.78 is 0. The van der Waals surface area contributed by atoms with Gasteiger partial charge < -0.3 is 5.32 Å². The Balaban J connectivity index is 2.02. The van der Waals surface area contributed by atoms with E-state index in [-0.39, 0.29) is 0 Å². The smallest absolute Gasteiger partial charge is 0.0638 e. The molecule has 1 aliphatic rings. The number of anilines is 1. The molecule has 1 aromatic carbocycles. The van der Waals surface area contributed by atoms with Crippen LogP contribution in [0.3, 0.4) is 0 Å². The molecular weight excluding hydrogens is 253 g/mol. The topological polar surface area (TPSA) is 12.0 Å². The van der Waals surface area contributed by atoms with Crippen molar-refractivity contribution < 1.29 is 0 Å². The molecule has 0 bridgehead atoms. The van der Waals surface area contributed by atoms with Crippen LogP contribution in [0.4, 0.5) is 5.69 Å². The summed E-state index contributed by atoms with van der Waals surface area (Å²) in [5, 5.41) is 5.03. The van der Waals surface area contributed by atoms with Gasteiger partial charge in [-0.1, -0.05) is 43.0 Å². The van der Waals surface area contributed by atoms with Crippen molar-refractivity contribution in [3.8, 4) is 0 Å². The van der Waals surface area contributed by atoms with E-state index in [4.69, 9.17) is 23.2 Å². The Kier molecular flexibility index (Phi) is 4.58. The predicted molar refractivity (Wildman–Crippen MR) is 76.1 cm³/mol. The lowest BCUT2D eigenvalue weighted by molar-refractivity contribution is 0.502. The third-order valence-electron chi connectivity index (χ3n) is 3.55. The van der Waals surface area contributed by atoms with Crippen LogP contribution in [-0.4, -0.2) is 6.04 Å². The lowest BCUT2D eigenvalue weighted by Crippen LogP contribution is -2.18. The largest absolute Gasteiger partial charge is 0.381 e. The summed E-state index contributed by atoms with van der Waals surface area (Å²) in [6.45, 7) is 2.34. The molecule has 1 nitrogen and oxygen atoms in total. The molecule has 0 radical (unpaired) electrons. The summed E-state index contributed by atoms with van der Waals surface area (Å²) in [5.74, 6) is 0.858. The second kappa shape index (κ2) is 5.97. The molecule has 1 aromatic rings. The monoisotopic (exact) mass is 271 g/mol. The molecule has 0 heterocycles. The minimum atomic E-state index is 0.538. The van der Waals surface area contributed by atoms with Crippen LogP contribution in [0.5, 0.6) is 0 Å². The minimum absolute atomic E-state index is 0.538. The first-order valence-corrected chi connectivity index (χ1v) is 7.12. The SMILES string of the molecule is CC1CCCC(Nc2cc(Cl)ccc2Cl)CC1. The molecule has 1 fully saturated rings. The maximum absolute atomic E-state index is 6.16. The fourth-order valence-corrected chi connectivity index (χ4v) is 2.80. The van der Waals surface area contributed by atoms with Crippen molar-refractivity contribution in [3.05, 3.63) is 28.2 Å². The van der Waals surface area contributed by atoms with E-state index in [9.17, 15) is 0 Å². The quantitative estimate of drug-likeness (QED) is 0.713. The second-order valence-corrected chi connectivity index (χ2v) is 5.92. The second-order valence-electron chi connectivity index (χ2n) is 5.08. The first-order valence-electron chi connectivity index (χ1n) is 6.37. The molecule has 1 aliphatic carbocycles. The molecule has 0 spiro atoms. The Morgan fingerprint density at radius 3 is 2.76 bits per heavy atom. The molecule has 0 aliphatic heterocycles. The van der Waals surface area contributed by atoms with Gasteiger partial charge in [0, 0.05) is 11.1 Å². The van der Waals surface area contributed by atoms with Crippen LogP contribution in [0, 0.1) is 5.92 Å². The average Bonchev–Trinajstić information content (AvgIpc) is 2.49. The van der Waals surface area contributed by atoms with Gasteiger partial charge in [-0.3, -0.25) is 0 Å². The molecule has 0 aromatic heterocycles. The highest BCUT2D eigenvalue weighted by molar-refractivity contribution is 6.35. The summed E-state index contributed by atoms with van der Waals surface area (Å²) in [5.41, 5.74) is 0.971. The molecule has 2 rings (SSSR count). The Morgan fingerprint density at radius 1 is 1.12 bits per heavy atom. The summed E-state index contributed by atoms with van der Waals surface area (Å²) in [4.78, 5) is 0. The van der Waals surface area contributed by atoms with E-state index in [0.29, 0.717) is 6.04 Å². The highest BCUT2D eigenvalue weighted by Gasteiger charge is 2.16. The lowest BCUT2D eigenvalue weighted by atomic mass is 10.0. The highest BCUT2D eigenvalue weighted by atomic mass is 35.5. The summed E-state index contributed by atoms with van der Waals surface area (Å²) in [6.07, 6.45) is 6.41. The number of hydrogen-bond acceptors (Lipinski definition) is 1. The van der Waals surface area contributed by atoms with Crippen molar-refractivity contribution in [1.82, 2.24) is 0 Å². The van der Waals surface area contributed by atoms with Gasteiger partial charge in [0.2, 0.25) is 0 Å². The maximum atomic E-state index is 6.16. The third kappa shape index (κ3) is 3.79. The normalized spacial score (nSPS) is 25.4. The van der Waals surface area contributed by atoms with Gasteiger partial charge in [-0.15, -0.1) is 0 Å². The van der Waals surface area contributed by atoms with Gasteiger partial charge in [0.25, 0.3) is 0 Å². The summed E-state index contributed by atoms with van der Waals surface area (Å²) in [7, 11) is 0. The zero-order chi connectivity index (χ0) is 12.3. The Morgan fingerprint density at radius 2 is 1.94 bits per heavy atom. The van der Waals surface area contributed by atoms with E-state index < -0.39 is 0 Å². The van der Waals surface area contributed by atoms with Crippen molar-refractivity contribution >= 4 is 28.9 Å². The first kappa shape index (κ1) is 13.0. The van der Waals surface area contributed by atoms with Crippen LogP contribution in [-0.2, 0) is 0 Å². The van der Waals surface area contributed by atoms with Crippen LogP contribution < -0.4 is 5.32 Å². The molecule has 2 atom stereocenters. The molecule has 1 saturated carbocycles. The van der Waals surface area contributed by atoms with Crippen molar-refractivity contribution in [3.63, 3.8) is 0 Å². The van der Waals surface area contributed by atoms with E-state index in [1.54, 1.807) is 0 Å². The van der Waals surface area contributed by atoms with Crippen LogP contribution in [0.2, 0.25) is 10.0 Å². The number of halogens is 2. The standard InChI is InChI=1S/C14H19Cl2N/c1-10-3-2-4-12(7-5-10)17-14-9-11(15)6-8-13(14)16/h6,8-10,12,17H,2-5,7H2,1H3. The average molecular weight is 272 g/mol. The lowest BCUT2D eigenvalue weighted by Gasteiger charge is -2.19. The van der Waals surface area contributed by atoms with Crippen LogP contribution >= 0.6 is 23.2 Å². The Bertz CT molecular complexity index is 378. The van der Waals surface area contributed by atoms with E-state index in [1.807, 2.05) is 18.2 Å². The van der Waals surface area contributed by atoms with E-state index in [2.05, 4.69) is 12.2 Å². The van der Waals surface area contributed by atoms with Crippen LogP contribution in [0.15, 0.2) is 18.2 Å². The van der Waals surface area contributed by atoms with Crippen molar-refractivity contribution in [1.29, 1.82) is 0 Å². The molecule has 0 saturated heterocycles. The number of nitrogens with one attached hydrogen (secondary N) is 1. The maximum Gasteiger partial charge on any atom is 0.0638 e. The minimum Gasteiger partial charge on any atom is -0.381 e. The van der Waals surface area contributed by atoms with Gasteiger partial charge in [-0.25, -0.2) is 0 Å². The molecule has 0 amide bonds. The van der Waals surface area contributed by atoms with E-state index >= 15 is 0 Å². The fraction of sp³-hybridized carbons (Fsp3) is 0.571. The molecule has 3 heteroatoms. The van der Waals surface area contributed by atoms with E-state index in [1.165, 1.54) is 32.1 Å². The third-order valence-corrected chi connectivity index (χ3v) is 4.11. The Hall–Kier alpha value is -0.400. The van der Waals surface area contributed by atoms with Crippen molar-refractivity contribution in [2.45, 2.75) is 45.1 Å². The number of rotatable bonds is 2. The molecule has 17 heavy (non-hydrogen) atoms. The zero-order valence-corrected chi connectivity index (χ0v) is 11.7. The molecule has 94 valence electrons. The fourth-order valence-electron chi connectivity index (χ4n) is 2.46. The van der Waals surface area contributed by atoms with Crippen molar-refractivity contribution in [2.75, 3.05) is 5.32 Å². The van der Waals surface area contributed by atoms with Crippen LogP contribution in [0.25, 0.3) is 0 Å². The van der Waals surface area contributed by atoms with E-state index in [0.717, 1.165) is 21.7 Å². The summed E-state index contributed by atoms with van der Waals surface area (Å²) in [6, 6.07) is 6.13. The Labute approximate surface area is 114 Å². The van der Waals surface area contributed by atoms with Gasteiger partial charge in [0.15, 0.2) is 0 Å². The zero-order valence-electron chi connectivity index (χ0n) is 10.2. The molecular formula is C14H19Cl2N. The van der Waals surface area contributed by atoms with Gasteiger partial charge >= 0.3 is 0 Å². The molecule has 1 N–H and O–H groups in total. The summed E-state index contributed by atoms with van der Waals surface area (Å²) >= 11 is 12.2. The predicted octanol–water partition coefficient (Wildman–Crippen LogP) is 5.37. The molecule has 2 unspecified atom stereocenters. The highest BCUT2D eigenvalue weighted by Crippen LogP contribution is 2.29. The first-order chi connectivity index (χ1) is 8.15. The van der Waals surface area contributed by atoms with Gasteiger partial charge in [0.1, 0.15) is 0 Å². The number of benzene rings is 1. The van der Waals surface area contributed by atoms with Crippen molar-refractivity contribution in [2.24, 2.45) is 5.92 Å². The van der Waals surface area contributed by atoms with Crippen LogP contribution in [0.1, 0.15) is 39.0 Å². The van der Waals surface area contributed by atoms with Gasteiger partial charge in [-0.2, -0.15) is 0 Å². The number of hydrogen-bond donors (Lipinski definition) is 1. The van der Waals surface area contributed by atoms with Gasteiger partial charge in [-0.05, 0) is 43.4 Å². The van der Waals surface area contributed by atoms with Gasteiger partial charge in [0.05, 0.1) is 10.7 Å².